The zero-order valence-corrected chi connectivity index (χ0v) is 79.4. The largest absolute Gasteiger partial charge is 0.351 e. The Bertz CT molecular complexity index is 6420. The minimum absolute atomic E-state index is 0.00654. The lowest BCUT2D eigenvalue weighted by Gasteiger charge is -2.26. The molecule has 0 spiro atoms. The Morgan fingerprint density at radius 2 is 0.440 bits per heavy atom. The molecule has 0 saturated heterocycles. The molecule has 8 aromatic carbocycles. The van der Waals surface area contributed by atoms with Crippen LogP contribution < -0.4 is 106 Å². The van der Waals surface area contributed by atoms with E-state index in [2.05, 4.69) is 106 Å². The summed E-state index contributed by atoms with van der Waals surface area (Å²) in [6.07, 6.45) is -1.40. The van der Waals surface area contributed by atoms with Crippen molar-refractivity contribution < 1.29 is 110 Å². The maximum Gasteiger partial charge on any atom is 0.279 e. The van der Waals surface area contributed by atoms with Crippen molar-refractivity contribution in [2.45, 2.75) is 60.8 Å². The van der Waals surface area contributed by atoms with Gasteiger partial charge >= 0.3 is 0 Å². The number of nitrogens with zero attached hydrogens (tertiary/aromatic N) is 4. The molecule has 4 unspecified atom stereocenters. The number of carbonyl (C=O) groups excluding carboxylic acids is 16. The van der Waals surface area contributed by atoms with Gasteiger partial charge in [-0.2, -0.15) is 20.4 Å². The summed E-state index contributed by atoms with van der Waals surface area (Å²) in [5.41, 5.74) is 7.97. The van der Waals surface area contributed by atoms with Crippen LogP contribution in [0, 0.1) is 23.7 Å². The molecule has 12 amide bonds. The van der Waals surface area contributed by atoms with Gasteiger partial charge in [0.15, 0.2) is 46.0 Å². The van der Waals surface area contributed by atoms with Gasteiger partial charge in [0.05, 0.1) is 45.8 Å². The number of nitrogens with two attached hydrogens (primary N) is 4. The minimum Gasteiger partial charge on any atom is -0.351 e. The Balaban J connectivity index is 1.10. The van der Waals surface area contributed by atoms with Gasteiger partial charge in [0.25, 0.3) is 47.3 Å². The molecule has 4 atom stereocenters. The van der Waals surface area contributed by atoms with E-state index in [0.29, 0.717) is 0 Å². The zero-order valence-electron chi connectivity index (χ0n) is 76.1. The van der Waals surface area contributed by atoms with E-state index < -0.39 is 223 Å². The van der Waals surface area contributed by atoms with Crippen molar-refractivity contribution in [3.63, 3.8) is 0 Å². The summed E-state index contributed by atoms with van der Waals surface area (Å²) in [5, 5.41) is 66.9. The molecule has 0 radical (unpaired) electrons. The standard InChI is InChI=1S/C89H100N24O24S4/c1-50(78(118)98-62-19-11-23-66(46-62)102-86(126)74(52(3)114)110-106-70-27-7-15-56(42-70)80(120)94-31-35-138(90,130)131)39-60(84(124)100-64-21-13-25-68(48-64)104-88(128)76(54(5)116)112-108-72-29-9-17-58(44-72)82(122)96-33-37-140(92,134)135)41-61(85(125)101-65-22-14-26-69(49-65)105-89(129)77(55(6)117)113-109-73-30-10-18-59(45-73)83(123)97-34-38-141(93,136)137)40-51(2)79(119)99-63-20-12-24-67(47-63)103-87(127)75(53(4)115)111-107-71-28-8-16-57(43-71)81(121)95-32-36-139(91,132)133/h7-30,42-51,60-61,106-109H,31-41H2,1-6H3,(H,94,120)(H,95,121)(H,96,122)(H,97,123)(H,98,118)(H,99,119)(H,100,124)(H,101,125)(H,102,126)(H,103,127)(H,104,128)(H,105,129)(H2,90,130,131)(H2,91,132,133)(H2,92,134,135)(H2,93,136,137)/b110-74-,111-75-,112-76-,113-77-. The molecule has 8 aromatic rings. The number of Topliss-reactive ketones (excluding diaryl/α,β-unsaturated/α-hetero) is 4. The van der Waals surface area contributed by atoms with Gasteiger partial charge in [-0.3, -0.25) is 98.4 Å². The fourth-order valence-corrected chi connectivity index (χ4v) is 14.3. The summed E-state index contributed by atoms with van der Waals surface area (Å²) in [6.45, 7) is 5.75. The van der Waals surface area contributed by atoms with E-state index in [-0.39, 0.29) is 117 Å². The molecule has 0 saturated carbocycles. The predicted octanol–water partition coefficient (Wildman–Crippen LogP) is 3.27. The number of nitrogens with one attached hydrogen (secondary N) is 16. The Morgan fingerprint density at radius 1 is 0.255 bits per heavy atom. The molecule has 8 rings (SSSR count). The van der Waals surface area contributed by atoms with Gasteiger partial charge in [0.2, 0.25) is 63.7 Å². The van der Waals surface area contributed by atoms with Crippen LogP contribution in [-0.2, 0) is 97.6 Å². The molecule has 48 nitrogen and oxygen atoms in total. The van der Waals surface area contributed by atoms with Gasteiger partial charge in [0, 0.05) is 145 Å². The monoisotopic (exact) mass is 2020 g/mol. The highest BCUT2D eigenvalue weighted by atomic mass is 32.2. The maximum atomic E-state index is 15.5. The molecule has 24 N–H and O–H groups in total. The average Bonchev–Trinajstić information content (AvgIpc) is 0.833. The summed E-state index contributed by atoms with van der Waals surface area (Å²) < 4.78 is 91.6. The fraction of sp³-hybridized carbons (Fsp3) is 0.236. The number of hydrogen-bond donors (Lipinski definition) is 20. The van der Waals surface area contributed by atoms with E-state index in [1.807, 2.05) is 0 Å². The third-order valence-corrected chi connectivity index (χ3v) is 22.7. The topological polar surface area (TPSA) is 756 Å². The molecule has 0 aromatic heterocycles. The van der Waals surface area contributed by atoms with Crippen molar-refractivity contribution in [2.75, 3.05) is 113 Å². The number of rotatable bonds is 50. The number of benzene rings is 8. The van der Waals surface area contributed by atoms with E-state index in [9.17, 15) is 101 Å². The smallest absolute Gasteiger partial charge is 0.279 e. The van der Waals surface area contributed by atoms with E-state index in [4.69, 9.17) is 20.6 Å². The number of ketones is 4. The molecule has 744 valence electrons. The van der Waals surface area contributed by atoms with Crippen molar-refractivity contribution in [3.8, 4) is 0 Å². The van der Waals surface area contributed by atoms with Crippen LogP contribution >= 0.6 is 0 Å². The third-order valence-electron chi connectivity index (χ3n) is 19.6. The number of amides is 12. The first-order chi connectivity index (χ1) is 66.4. The van der Waals surface area contributed by atoms with Crippen LogP contribution in [0.4, 0.5) is 68.2 Å². The summed E-state index contributed by atoms with van der Waals surface area (Å²) in [5.74, 6) is -21.3. The van der Waals surface area contributed by atoms with Crippen LogP contribution in [0.1, 0.15) is 102 Å². The van der Waals surface area contributed by atoms with Crippen molar-refractivity contribution in [1.82, 2.24) is 21.3 Å². The quantitative estimate of drug-likeness (QED) is 0.0148. The Kier molecular flexibility index (Phi) is 39.9. The molecule has 0 heterocycles. The highest BCUT2D eigenvalue weighted by Gasteiger charge is 2.35. The lowest BCUT2D eigenvalue weighted by Crippen LogP contribution is -2.35. The van der Waals surface area contributed by atoms with Gasteiger partial charge in [-0.05, 0) is 165 Å². The predicted molar refractivity (Wildman–Crippen MR) is 528 cm³/mol. The first-order valence-corrected chi connectivity index (χ1v) is 49.1. The molecule has 52 heteroatoms. The van der Waals surface area contributed by atoms with Crippen LogP contribution in [-0.4, -0.2) is 200 Å². The van der Waals surface area contributed by atoms with E-state index in [0.717, 1.165) is 27.7 Å². The van der Waals surface area contributed by atoms with Gasteiger partial charge in [-0.1, -0.05) is 62.4 Å². The zero-order chi connectivity index (χ0) is 104. The van der Waals surface area contributed by atoms with E-state index in [1.165, 1.54) is 208 Å². The van der Waals surface area contributed by atoms with Crippen molar-refractivity contribution in [3.05, 3.63) is 216 Å². The molecule has 0 aliphatic heterocycles. The lowest BCUT2D eigenvalue weighted by molar-refractivity contribution is -0.126. The van der Waals surface area contributed by atoms with Crippen molar-refractivity contribution in [2.24, 2.45) is 64.6 Å². The Morgan fingerprint density at radius 3 is 0.638 bits per heavy atom. The molecule has 0 aliphatic rings. The number of hydrogen-bond acceptors (Lipinski definition) is 32. The lowest BCUT2D eigenvalue weighted by atomic mass is 9.82. The van der Waals surface area contributed by atoms with Gasteiger partial charge < -0.3 is 63.8 Å². The number of hydrazone groups is 4. The molecular weight excluding hydrogens is 1920 g/mol. The normalized spacial score (nSPS) is 12.7. The number of sulfonamides is 4. The van der Waals surface area contributed by atoms with Crippen LogP contribution in [0.3, 0.4) is 0 Å². The second-order valence-electron chi connectivity index (χ2n) is 31.3. The van der Waals surface area contributed by atoms with Crippen LogP contribution in [0.2, 0.25) is 0 Å². The van der Waals surface area contributed by atoms with Crippen LogP contribution in [0.5, 0.6) is 0 Å². The van der Waals surface area contributed by atoms with E-state index >= 15 is 9.59 Å². The highest BCUT2D eigenvalue weighted by Crippen LogP contribution is 2.32. The molecule has 0 fully saturated rings. The van der Waals surface area contributed by atoms with Crippen LogP contribution in [0.15, 0.2) is 215 Å². The molecular formula is C89H100N24O24S4. The SMILES string of the molecule is CC(=O)/C(=N/Nc1cccc(C(=O)NCCS(N)(=O)=O)c1)C(=O)Nc1cccc(NC(=O)C(C)CC(CC(CC(C)C(=O)Nc2cccc(NC(=O)/C(=N\Nc3cccc(C(=O)NCCS(N)(=O)=O)c3)C(C)=O)c2)C(=O)Nc2cccc(NC(=O)/C(=N\Nc3cccc(C(=O)NCCS(N)(=O)=O)c3)C(C)=O)c2)C(=O)Nc2cccc(NC(=O)/C(=N\Nc3cccc(C(=O)NCCS(N)(=O)=O)c3)C(C)=O)c2)c1. The van der Waals surface area contributed by atoms with Gasteiger partial charge in [0.1, 0.15) is 0 Å². The Labute approximate surface area is 807 Å². The minimum atomic E-state index is -3.92. The molecule has 0 aliphatic carbocycles. The van der Waals surface area contributed by atoms with E-state index in [1.54, 1.807) is 0 Å². The maximum absolute atomic E-state index is 15.5. The first kappa shape index (κ1) is 110. The summed E-state index contributed by atoms with van der Waals surface area (Å²) in [7, 11) is -15.6. The number of primary sulfonamides is 4. The third kappa shape index (κ3) is 37.9. The first-order valence-electron chi connectivity index (χ1n) is 42.2. The fourth-order valence-electron chi connectivity index (χ4n) is 12.7. The van der Waals surface area contributed by atoms with Crippen molar-refractivity contribution >= 4 is 225 Å². The van der Waals surface area contributed by atoms with Crippen LogP contribution in [0.25, 0.3) is 0 Å². The summed E-state index contributed by atoms with van der Waals surface area (Å²) in [6, 6.07) is 44.2. The van der Waals surface area contributed by atoms with Gasteiger partial charge in [-0.25, -0.2) is 54.2 Å². The molecule has 141 heavy (non-hydrogen) atoms. The highest BCUT2D eigenvalue weighted by molar-refractivity contribution is 7.89. The number of carbonyl (C=O) groups is 16. The second kappa shape index (κ2) is 51.1. The number of anilines is 12. The molecule has 0 bridgehead atoms. The Hall–Kier alpha value is -16.4. The average molecular weight is 2020 g/mol. The summed E-state index contributed by atoms with van der Waals surface area (Å²) in [4.78, 5) is 219. The summed E-state index contributed by atoms with van der Waals surface area (Å²) >= 11 is 0. The second-order valence-corrected chi connectivity index (χ2v) is 38.3. The van der Waals surface area contributed by atoms with Crippen molar-refractivity contribution in [1.29, 1.82) is 0 Å². The van der Waals surface area contributed by atoms with Gasteiger partial charge in [-0.15, -0.1) is 0 Å².